The molecule has 0 unspecified atom stereocenters. The van der Waals surface area contributed by atoms with Gasteiger partial charge in [-0.2, -0.15) is 0 Å². The van der Waals surface area contributed by atoms with Crippen molar-refractivity contribution < 1.29 is 29.1 Å². The predicted molar refractivity (Wildman–Crippen MR) is 114 cm³/mol. The second-order valence-electron chi connectivity index (χ2n) is 8.80. The first-order valence-corrected chi connectivity index (χ1v) is 11.4. The molecule has 3 aliphatic rings. The molecule has 0 saturated carbocycles. The average Bonchev–Trinajstić information content (AvgIpc) is 3.36. The van der Waals surface area contributed by atoms with E-state index in [0.717, 1.165) is 12.8 Å². The van der Waals surface area contributed by atoms with Gasteiger partial charge in [0.25, 0.3) is 0 Å². The topological polar surface area (TPSA) is 108 Å². The van der Waals surface area contributed by atoms with Crippen LogP contribution >= 0.6 is 0 Å². The second-order valence-corrected chi connectivity index (χ2v) is 8.80. The average molecular weight is 446 g/mol. The van der Waals surface area contributed by atoms with Crippen molar-refractivity contribution in [1.82, 2.24) is 15.3 Å². The minimum absolute atomic E-state index is 0.0374. The number of rotatable bonds is 4. The van der Waals surface area contributed by atoms with Crippen LogP contribution in [0.1, 0.15) is 37.2 Å². The van der Waals surface area contributed by atoms with Crippen LogP contribution < -0.4 is 5.48 Å². The van der Waals surface area contributed by atoms with Crippen LogP contribution in [-0.2, 0) is 19.1 Å². The fourth-order valence-electron chi connectivity index (χ4n) is 4.98. The van der Waals surface area contributed by atoms with Crippen molar-refractivity contribution in [3.8, 4) is 0 Å². The van der Waals surface area contributed by atoms with Crippen molar-refractivity contribution in [2.75, 3.05) is 39.4 Å². The molecule has 0 aromatic heterocycles. The quantitative estimate of drug-likeness (QED) is 0.540. The van der Waals surface area contributed by atoms with E-state index in [0.29, 0.717) is 51.6 Å². The van der Waals surface area contributed by atoms with Crippen molar-refractivity contribution in [3.63, 3.8) is 0 Å². The summed E-state index contributed by atoms with van der Waals surface area (Å²) in [6.45, 7) is 2.57. The normalized spacial score (nSPS) is 26.6. The first kappa shape index (κ1) is 22.5. The van der Waals surface area contributed by atoms with E-state index < -0.39 is 23.8 Å². The standard InChI is InChI=1S/C23H31N3O6/c27-21(24-30)20-14-26(23(29)32-18-9-13-31-15-18)12-8-19(20)22(28)25-10-6-17(7-11-25)16-4-2-1-3-5-16/h1-5,17-20,30H,6-15H2,(H,24,27)/t18-,19-,20-/m0/s1. The Hall–Kier alpha value is -2.65. The molecular weight excluding hydrogens is 414 g/mol. The first-order valence-electron chi connectivity index (χ1n) is 11.4. The number of likely N-dealkylation sites (tertiary alicyclic amines) is 2. The van der Waals surface area contributed by atoms with Gasteiger partial charge >= 0.3 is 6.09 Å². The van der Waals surface area contributed by atoms with Gasteiger partial charge in [-0.3, -0.25) is 14.8 Å². The van der Waals surface area contributed by atoms with Crippen molar-refractivity contribution in [2.24, 2.45) is 11.8 Å². The summed E-state index contributed by atoms with van der Waals surface area (Å²) in [5, 5.41) is 9.24. The number of hydrogen-bond donors (Lipinski definition) is 2. The third kappa shape index (κ3) is 5.05. The fourth-order valence-corrected chi connectivity index (χ4v) is 4.98. The maximum atomic E-state index is 13.3. The molecule has 0 bridgehead atoms. The summed E-state index contributed by atoms with van der Waals surface area (Å²) in [5.41, 5.74) is 2.96. The van der Waals surface area contributed by atoms with Crippen LogP contribution in [0.4, 0.5) is 4.79 Å². The van der Waals surface area contributed by atoms with Gasteiger partial charge in [-0.05, 0) is 30.7 Å². The van der Waals surface area contributed by atoms with Gasteiger partial charge in [0, 0.05) is 32.6 Å². The third-order valence-electron chi connectivity index (χ3n) is 6.87. The number of nitrogens with zero attached hydrogens (tertiary/aromatic N) is 2. The van der Waals surface area contributed by atoms with Crippen molar-refractivity contribution >= 4 is 17.9 Å². The van der Waals surface area contributed by atoms with Crippen LogP contribution in [0, 0.1) is 11.8 Å². The molecule has 9 heteroatoms. The first-order chi connectivity index (χ1) is 15.6. The van der Waals surface area contributed by atoms with Gasteiger partial charge in [-0.15, -0.1) is 0 Å². The molecule has 174 valence electrons. The van der Waals surface area contributed by atoms with Gasteiger partial charge in [-0.1, -0.05) is 30.3 Å². The molecule has 2 N–H and O–H groups in total. The van der Waals surface area contributed by atoms with E-state index in [-0.39, 0.29) is 18.6 Å². The molecule has 3 fully saturated rings. The molecule has 1 aromatic carbocycles. The largest absolute Gasteiger partial charge is 0.444 e. The number of piperidine rings is 2. The number of carbonyl (C=O) groups is 3. The SMILES string of the molecule is O=C(NO)[C@H]1CN(C(=O)O[C@H]2CCOC2)CC[C@@H]1C(=O)N1CCC(c2ccccc2)CC1. The Morgan fingerprint density at radius 2 is 1.69 bits per heavy atom. The smallest absolute Gasteiger partial charge is 0.410 e. The van der Waals surface area contributed by atoms with Gasteiger partial charge in [0.15, 0.2) is 0 Å². The van der Waals surface area contributed by atoms with E-state index >= 15 is 0 Å². The van der Waals surface area contributed by atoms with Gasteiger partial charge in [0.2, 0.25) is 11.8 Å². The number of hydroxylamine groups is 1. The minimum atomic E-state index is -0.819. The maximum absolute atomic E-state index is 13.3. The molecule has 3 saturated heterocycles. The Labute approximate surface area is 187 Å². The number of ether oxygens (including phenoxy) is 2. The molecule has 3 atom stereocenters. The number of benzene rings is 1. The Morgan fingerprint density at radius 3 is 2.34 bits per heavy atom. The molecule has 9 nitrogen and oxygen atoms in total. The van der Waals surface area contributed by atoms with Crippen molar-refractivity contribution in [1.29, 1.82) is 0 Å². The summed E-state index contributed by atoms with van der Waals surface area (Å²) in [5.74, 6) is -1.70. The molecule has 3 aliphatic heterocycles. The van der Waals surface area contributed by atoms with Crippen LogP contribution in [-0.4, -0.2) is 78.4 Å². The molecule has 3 amide bonds. The molecule has 3 heterocycles. The zero-order valence-corrected chi connectivity index (χ0v) is 18.2. The van der Waals surface area contributed by atoms with Crippen LogP contribution in [0.25, 0.3) is 0 Å². The lowest BCUT2D eigenvalue weighted by Gasteiger charge is -2.40. The van der Waals surface area contributed by atoms with E-state index in [4.69, 9.17) is 9.47 Å². The van der Waals surface area contributed by atoms with E-state index in [1.165, 1.54) is 10.5 Å². The second kappa shape index (κ2) is 10.3. The van der Waals surface area contributed by atoms with Crippen LogP contribution in [0.3, 0.4) is 0 Å². The zero-order valence-electron chi connectivity index (χ0n) is 18.2. The Bertz CT molecular complexity index is 805. The fraction of sp³-hybridized carbons (Fsp3) is 0.609. The molecule has 4 rings (SSSR count). The summed E-state index contributed by atoms with van der Waals surface area (Å²) in [7, 11) is 0. The van der Waals surface area contributed by atoms with E-state index in [1.807, 2.05) is 23.1 Å². The van der Waals surface area contributed by atoms with Gasteiger partial charge in [0.05, 0.1) is 25.0 Å². The van der Waals surface area contributed by atoms with E-state index in [9.17, 15) is 19.6 Å². The number of hydrogen-bond acceptors (Lipinski definition) is 6. The Morgan fingerprint density at radius 1 is 0.969 bits per heavy atom. The number of amides is 3. The lowest BCUT2D eigenvalue weighted by atomic mass is 9.82. The van der Waals surface area contributed by atoms with Crippen LogP contribution in [0.2, 0.25) is 0 Å². The monoisotopic (exact) mass is 445 g/mol. The van der Waals surface area contributed by atoms with Gasteiger partial charge in [-0.25, -0.2) is 10.3 Å². The van der Waals surface area contributed by atoms with Crippen LogP contribution in [0.5, 0.6) is 0 Å². The third-order valence-corrected chi connectivity index (χ3v) is 6.87. The summed E-state index contributed by atoms with van der Waals surface area (Å²) in [4.78, 5) is 41.5. The summed E-state index contributed by atoms with van der Waals surface area (Å²) < 4.78 is 10.7. The lowest BCUT2D eigenvalue weighted by molar-refractivity contribution is -0.148. The van der Waals surface area contributed by atoms with Crippen molar-refractivity contribution in [3.05, 3.63) is 35.9 Å². The Balaban J connectivity index is 1.36. The van der Waals surface area contributed by atoms with Crippen LogP contribution in [0.15, 0.2) is 30.3 Å². The molecule has 0 aliphatic carbocycles. The zero-order chi connectivity index (χ0) is 22.5. The highest BCUT2D eigenvalue weighted by atomic mass is 16.6. The number of nitrogens with one attached hydrogen (secondary N) is 1. The highest BCUT2D eigenvalue weighted by Gasteiger charge is 2.43. The highest BCUT2D eigenvalue weighted by Crippen LogP contribution is 2.32. The molecule has 1 aromatic rings. The summed E-state index contributed by atoms with van der Waals surface area (Å²) >= 11 is 0. The van der Waals surface area contributed by atoms with Gasteiger partial charge in [0.1, 0.15) is 6.10 Å². The molecule has 0 radical (unpaired) electrons. The van der Waals surface area contributed by atoms with E-state index in [2.05, 4.69) is 12.1 Å². The maximum Gasteiger partial charge on any atom is 0.410 e. The van der Waals surface area contributed by atoms with Crippen molar-refractivity contribution in [2.45, 2.75) is 37.7 Å². The lowest BCUT2D eigenvalue weighted by Crippen LogP contribution is -2.54. The van der Waals surface area contributed by atoms with E-state index in [1.54, 1.807) is 5.48 Å². The molecular formula is C23H31N3O6. The summed E-state index contributed by atoms with van der Waals surface area (Å²) in [6, 6.07) is 10.3. The summed E-state index contributed by atoms with van der Waals surface area (Å²) in [6.07, 6.45) is 1.97. The highest BCUT2D eigenvalue weighted by molar-refractivity contribution is 5.88. The minimum Gasteiger partial charge on any atom is -0.444 e. The Kier molecular flexibility index (Phi) is 7.26. The molecule has 0 spiro atoms. The number of carbonyl (C=O) groups excluding carboxylic acids is 3. The predicted octanol–water partition coefficient (Wildman–Crippen LogP) is 1.76. The van der Waals surface area contributed by atoms with Gasteiger partial charge < -0.3 is 19.3 Å². The molecule has 32 heavy (non-hydrogen) atoms.